The molecule has 3 aromatic rings. The molecule has 0 spiro atoms. The topological polar surface area (TPSA) is 71.0 Å². The summed E-state index contributed by atoms with van der Waals surface area (Å²) in [5.74, 6) is -0.681. The maximum atomic E-state index is 14.1. The Bertz CT molecular complexity index is 1230. The highest BCUT2D eigenvalue weighted by molar-refractivity contribution is 8.15. The zero-order valence-electron chi connectivity index (χ0n) is 18.9. The number of nitrogens with one attached hydrogen (secondary N) is 1. The molecule has 0 bridgehead atoms. The number of ether oxygens (including phenoxy) is 1. The molecule has 1 N–H and O–H groups in total. The minimum Gasteiger partial charge on any atom is -0.497 e. The first-order valence-corrected chi connectivity index (χ1v) is 11.8. The van der Waals surface area contributed by atoms with Crippen LogP contribution in [-0.2, 0) is 16.0 Å². The number of amides is 2. The van der Waals surface area contributed by atoms with Crippen LogP contribution in [0.4, 0.5) is 20.2 Å². The first kappa shape index (κ1) is 24.4. The van der Waals surface area contributed by atoms with Crippen molar-refractivity contribution >= 4 is 40.1 Å². The molecule has 0 aliphatic carbocycles. The van der Waals surface area contributed by atoms with E-state index in [1.165, 1.54) is 47.0 Å². The van der Waals surface area contributed by atoms with Crippen LogP contribution in [0.15, 0.2) is 77.8 Å². The van der Waals surface area contributed by atoms with Gasteiger partial charge in [-0.05, 0) is 66.6 Å². The molecule has 0 unspecified atom stereocenters. The van der Waals surface area contributed by atoms with Gasteiger partial charge in [0.25, 0.3) is 0 Å². The van der Waals surface area contributed by atoms with Crippen molar-refractivity contribution in [2.75, 3.05) is 19.0 Å². The number of carbonyl (C=O) groups excluding carboxylic acids is 2. The van der Waals surface area contributed by atoms with Crippen LogP contribution in [0.25, 0.3) is 0 Å². The van der Waals surface area contributed by atoms with Gasteiger partial charge < -0.3 is 10.1 Å². The summed E-state index contributed by atoms with van der Waals surface area (Å²) in [4.78, 5) is 31.8. The number of thioether (sulfide) groups is 1. The second kappa shape index (κ2) is 11.1. The van der Waals surface area contributed by atoms with E-state index >= 15 is 0 Å². The van der Waals surface area contributed by atoms with Gasteiger partial charge in [0.05, 0.1) is 12.8 Å². The molecule has 1 aliphatic heterocycles. The summed E-state index contributed by atoms with van der Waals surface area (Å²) in [6.45, 7) is 0.198. The van der Waals surface area contributed by atoms with Crippen LogP contribution in [0.2, 0.25) is 0 Å². The van der Waals surface area contributed by atoms with E-state index in [0.717, 1.165) is 0 Å². The van der Waals surface area contributed by atoms with E-state index in [-0.39, 0.29) is 37.0 Å². The van der Waals surface area contributed by atoms with E-state index in [4.69, 9.17) is 4.74 Å². The van der Waals surface area contributed by atoms with E-state index in [9.17, 15) is 18.4 Å². The number of anilines is 1. The van der Waals surface area contributed by atoms with Gasteiger partial charge in [0, 0.05) is 18.7 Å². The summed E-state index contributed by atoms with van der Waals surface area (Å²) >= 11 is 1.17. The zero-order chi connectivity index (χ0) is 24.8. The first-order valence-electron chi connectivity index (χ1n) is 10.9. The Morgan fingerprint density at radius 3 is 2.46 bits per heavy atom. The van der Waals surface area contributed by atoms with Gasteiger partial charge in [0.15, 0.2) is 5.17 Å². The Hall–Kier alpha value is -3.72. The van der Waals surface area contributed by atoms with Crippen molar-refractivity contribution in [3.63, 3.8) is 0 Å². The van der Waals surface area contributed by atoms with Gasteiger partial charge in [-0.2, -0.15) is 0 Å². The molecule has 35 heavy (non-hydrogen) atoms. The lowest BCUT2D eigenvalue weighted by atomic mass is 10.1. The molecule has 9 heteroatoms. The molecule has 0 saturated carbocycles. The molecule has 6 nitrogen and oxygen atoms in total. The van der Waals surface area contributed by atoms with Gasteiger partial charge in [-0.3, -0.25) is 14.5 Å². The first-order chi connectivity index (χ1) is 16.9. The van der Waals surface area contributed by atoms with Crippen LogP contribution in [0.1, 0.15) is 12.0 Å². The molecule has 180 valence electrons. The molecule has 2 amide bonds. The average Bonchev–Trinajstić information content (AvgIpc) is 3.14. The Labute approximate surface area is 206 Å². The van der Waals surface area contributed by atoms with Gasteiger partial charge in [0.2, 0.25) is 11.8 Å². The average molecular weight is 496 g/mol. The number of rotatable bonds is 8. The summed E-state index contributed by atoms with van der Waals surface area (Å²) in [6.07, 6.45) is 0.223. The standard InChI is InChI=1S/C26H23F2N3O3S/c1-34-21-12-10-19(11-13-21)29-24(32)16-23-25(33)31(15-14-17-4-2-3-5-22(17)28)26(35-23)30-20-8-6-18(27)7-9-20/h2-13,23H,14-16H2,1H3,(H,29,32)/t23-/m0/s1. The van der Waals surface area contributed by atoms with E-state index in [1.54, 1.807) is 49.6 Å². The summed E-state index contributed by atoms with van der Waals surface area (Å²) in [5, 5.41) is 2.48. The number of methoxy groups -OCH3 is 1. The number of nitrogens with zero attached hydrogens (tertiary/aromatic N) is 2. The minimum atomic E-state index is -0.687. The Morgan fingerprint density at radius 2 is 1.77 bits per heavy atom. The number of carbonyl (C=O) groups is 2. The van der Waals surface area contributed by atoms with E-state index in [1.807, 2.05) is 0 Å². The minimum absolute atomic E-state index is 0.0613. The maximum Gasteiger partial charge on any atom is 0.242 e. The molecule has 3 aromatic carbocycles. The highest BCUT2D eigenvalue weighted by Gasteiger charge is 2.39. The zero-order valence-corrected chi connectivity index (χ0v) is 19.7. The third kappa shape index (κ3) is 6.24. The Balaban J connectivity index is 1.49. The van der Waals surface area contributed by atoms with Gasteiger partial charge >= 0.3 is 0 Å². The van der Waals surface area contributed by atoms with Gasteiger partial charge in [-0.25, -0.2) is 13.8 Å². The van der Waals surface area contributed by atoms with E-state index in [0.29, 0.717) is 27.9 Å². The maximum absolute atomic E-state index is 14.1. The van der Waals surface area contributed by atoms with Crippen LogP contribution in [-0.4, -0.2) is 40.8 Å². The summed E-state index contributed by atoms with van der Waals surface area (Å²) in [7, 11) is 1.56. The SMILES string of the molecule is COc1ccc(NC(=O)C[C@@H]2SC(=Nc3ccc(F)cc3)N(CCc3ccccc3F)C2=O)cc1. The van der Waals surface area contributed by atoms with Crippen LogP contribution >= 0.6 is 11.8 Å². The monoisotopic (exact) mass is 495 g/mol. The fourth-order valence-electron chi connectivity index (χ4n) is 3.55. The lowest BCUT2D eigenvalue weighted by Gasteiger charge is -2.17. The van der Waals surface area contributed by atoms with Gasteiger partial charge in [-0.1, -0.05) is 30.0 Å². The highest BCUT2D eigenvalue weighted by Crippen LogP contribution is 2.32. The van der Waals surface area contributed by atoms with Gasteiger partial charge in [0.1, 0.15) is 22.6 Å². The van der Waals surface area contributed by atoms with Crippen molar-refractivity contribution in [3.05, 3.63) is 90.0 Å². The quantitative estimate of drug-likeness (QED) is 0.468. The Kier molecular flexibility index (Phi) is 7.77. The van der Waals surface area contributed by atoms with Crippen molar-refractivity contribution in [3.8, 4) is 5.75 Å². The molecule has 1 atom stereocenters. The predicted molar refractivity (Wildman–Crippen MR) is 133 cm³/mol. The smallest absolute Gasteiger partial charge is 0.242 e. The summed E-state index contributed by atoms with van der Waals surface area (Å²) < 4.78 is 32.5. The van der Waals surface area contributed by atoms with Crippen LogP contribution < -0.4 is 10.1 Å². The predicted octanol–water partition coefficient (Wildman–Crippen LogP) is 5.18. The lowest BCUT2D eigenvalue weighted by Crippen LogP contribution is -2.35. The lowest BCUT2D eigenvalue weighted by molar-refractivity contribution is -0.128. The van der Waals surface area contributed by atoms with Crippen LogP contribution in [0, 0.1) is 11.6 Å². The van der Waals surface area contributed by atoms with Crippen molar-refractivity contribution < 1.29 is 23.1 Å². The van der Waals surface area contributed by atoms with Crippen molar-refractivity contribution in [2.24, 2.45) is 4.99 Å². The number of hydrogen-bond acceptors (Lipinski definition) is 5. The third-order valence-electron chi connectivity index (χ3n) is 5.38. The van der Waals surface area contributed by atoms with Crippen LogP contribution in [0.5, 0.6) is 5.75 Å². The molecular weight excluding hydrogens is 472 g/mol. The van der Waals surface area contributed by atoms with Crippen molar-refractivity contribution in [1.82, 2.24) is 4.90 Å². The summed E-state index contributed by atoms with van der Waals surface area (Å²) in [6, 6.07) is 18.8. The fourth-order valence-corrected chi connectivity index (χ4v) is 4.73. The van der Waals surface area contributed by atoms with Gasteiger partial charge in [-0.15, -0.1) is 0 Å². The summed E-state index contributed by atoms with van der Waals surface area (Å²) in [5.41, 5.74) is 1.54. The van der Waals surface area contributed by atoms with E-state index < -0.39 is 11.1 Å². The second-order valence-electron chi connectivity index (χ2n) is 7.79. The van der Waals surface area contributed by atoms with Crippen LogP contribution in [0.3, 0.4) is 0 Å². The molecule has 4 rings (SSSR count). The Morgan fingerprint density at radius 1 is 1.06 bits per heavy atom. The number of halogens is 2. The molecule has 1 heterocycles. The highest BCUT2D eigenvalue weighted by atomic mass is 32.2. The number of aliphatic imine (C=N–C) groups is 1. The van der Waals surface area contributed by atoms with E-state index in [2.05, 4.69) is 10.3 Å². The number of amidine groups is 1. The van der Waals surface area contributed by atoms with Crippen molar-refractivity contribution in [2.45, 2.75) is 18.1 Å². The van der Waals surface area contributed by atoms with Crippen molar-refractivity contribution in [1.29, 1.82) is 0 Å². The third-order valence-corrected chi connectivity index (χ3v) is 6.55. The largest absolute Gasteiger partial charge is 0.497 e. The molecule has 0 radical (unpaired) electrons. The normalized spacial score (nSPS) is 16.5. The number of benzene rings is 3. The number of hydrogen-bond donors (Lipinski definition) is 1. The fraction of sp³-hybridized carbons (Fsp3) is 0.192. The molecule has 1 saturated heterocycles. The molecule has 0 aromatic heterocycles. The molecular formula is C26H23F2N3O3S. The molecule has 1 aliphatic rings. The second-order valence-corrected chi connectivity index (χ2v) is 8.96. The molecule has 1 fully saturated rings.